The molecular weight excluding hydrogens is 586 g/mol. The van der Waals surface area contributed by atoms with Gasteiger partial charge in [0, 0.05) is 31.4 Å². The second kappa shape index (κ2) is 16.5. The molecule has 1 aromatic carbocycles. The van der Waals surface area contributed by atoms with E-state index in [-0.39, 0.29) is 38.1 Å². The standard InChI is InChI=1S/C31H45N5O9/c1-30(2,3)43-28(41)34-27(32)35(29(42)44-31(4,5)6)20-21-13-12-14-22(19-21)33-23(37)15-10-8-7-9-11-16-26(40)45-36-24(38)17-18-25(36)39/h12-14,19H,7-11,15-18,20H2,1-6H3,(H,33,37)(H2,32,34,41). The van der Waals surface area contributed by atoms with Crippen LogP contribution in [0.15, 0.2) is 24.3 Å². The number of anilines is 1. The fourth-order valence-electron chi connectivity index (χ4n) is 4.06. The number of unbranched alkanes of at least 4 members (excludes halogenated alkanes) is 4. The SMILES string of the molecule is CC(C)(C)OC(=O)NC(=N)N(Cc1cccc(NC(=O)CCCCCCCC(=O)ON2C(=O)CCC2=O)c1)C(=O)OC(C)(C)C. The van der Waals surface area contributed by atoms with Gasteiger partial charge in [-0.2, -0.15) is 0 Å². The van der Waals surface area contributed by atoms with Crippen LogP contribution in [0.3, 0.4) is 0 Å². The highest BCUT2D eigenvalue weighted by atomic mass is 16.7. The Bertz CT molecular complexity index is 1250. The van der Waals surface area contributed by atoms with Crippen molar-refractivity contribution >= 4 is 47.5 Å². The van der Waals surface area contributed by atoms with Crippen LogP contribution in [0.5, 0.6) is 0 Å². The van der Waals surface area contributed by atoms with Crippen molar-refractivity contribution in [3.05, 3.63) is 29.8 Å². The number of guanidine groups is 1. The summed E-state index contributed by atoms with van der Waals surface area (Å²) in [6, 6.07) is 6.78. The van der Waals surface area contributed by atoms with Crippen LogP contribution in [0.4, 0.5) is 15.3 Å². The third-order valence-corrected chi connectivity index (χ3v) is 6.04. The lowest BCUT2D eigenvalue weighted by atomic mass is 10.1. The lowest BCUT2D eigenvalue weighted by molar-refractivity contribution is -0.197. The van der Waals surface area contributed by atoms with E-state index in [1.54, 1.807) is 65.8 Å². The van der Waals surface area contributed by atoms with Gasteiger partial charge in [-0.15, -0.1) is 5.06 Å². The minimum absolute atomic E-state index is 0.0541. The zero-order chi connectivity index (χ0) is 33.8. The minimum atomic E-state index is -0.891. The maximum absolute atomic E-state index is 12.9. The topological polar surface area (TPSA) is 184 Å². The first-order chi connectivity index (χ1) is 20.9. The Kier molecular flexibility index (Phi) is 13.5. The number of nitrogens with one attached hydrogen (secondary N) is 3. The summed E-state index contributed by atoms with van der Waals surface area (Å²) in [6.45, 7) is 9.97. The molecule has 1 aliphatic heterocycles. The van der Waals surface area contributed by atoms with Crippen molar-refractivity contribution in [3.8, 4) is 0 Å². The smallest absolute Gasteiger partial charge is 0.417 e. The van der Waals surface area contributed by atoms with E-state index in [0.29, 0.717) is 29.2 Å². The number of carbonyl (C=O) groups is 6. The van der Waals surface area contributed by atoms with E-state index in [0.717, 1.165) is 24.2 Å². The number of carbonyl (C=O) groups excluding carboxylic acids is 6. The van der Waals surface area contributed by atoms with E-state index >= 15 is 0 Å². The van der Waals surface area contributed by atoms with Gasteiger partial charge in [-0.1, -0.05) is 31.4 Å². The molecule has 14 nitrogen and oxygen atoms in total. The molecule has 0 spiro atoms. The van der Waals surface area contributed by atoms with E-state index < -0.39 is 47.1 Å². The molecule has 45 heavy (non-hydrogen) atoms. The van der Waals surface area contributed by atoms with E-state index in [1.165, 1.54) is 0 Å². The number of rotatable bonds is 12. The Morgan fingerprint density at radius 3 is 2.04 bits per heavy atom. The van der Waals surface area contributed by atoms with Crippen LogP contribution in [0.2, 0.25) is 0 Å². The first-order valence-electron chi connectivity index (χ1n) is 15.0. The number of hydrogen-bond donors (Lipinski definition) is 3. The lowest BCUT2D eigenvalue weighted by Gasteiger charge is -2.28. The van der Waals surface area contributed by atoms with Crippen molar-refractivity contribution in [3.63, 3.8) is 0 Å². The Balaban J connectivity index is 1.82. The van der Waals surface area contributed by atoms with Gasteiger partial charge >= 0.3 is 18.2 Å². The summed E-state index contributed by atoms with van der Waals surface area (Å²) in [5.41, 5.74) is -0.572. The average Bonchev–Trinajstić information content (AvgIpc) is 3.21. The third-order valence-electron chi connectivity index (χ3n) is 6.04. The number of hydroxylamine groups is 2. The summed E-state index contributed by atoms with van der Waals surface area (Å²) in [6.07, 6.45) is 2.21. The quantitative estimate of drug-likeness (QED) is 0.121. The number of hydrogen-bond acceptors (Lipinski definition) is 10. The Morgan fingerprint density at radius 2 is 1.44 bits per heavy atom. The summed E-state index contributed by atoms with van der Waals surface area (Å²) >= 11 is 0. The first kappa shape index (κ1) is 36.7. The zero-order valence-electron chi connectivity index (χ0n) is 26.9. The summed E-state index contributed by atoms with van der Waals surface area (Å²) in [4.78, 5) is 78.4. The molecule has 0 saturated carbocycles. The van der Waals surface area contributed by atoms with Gasteiger partial charge in [0.2, 0.25) is 11.9 Å². The summed E-state index contributed by atoms with van der Waals surface area (Å²) in [7, 11) is 0. The van der Waals surface area contributed by atoms with Gasteiger partial charge in [0.15, 0.2) is 0 Å². The van der Waals surface area contributed by atoms with Gasteiger partial charge in [0.1, 0.15) is 11.2 Å². The number of nitrogens with zero attached hydrogens (tertiary/aromatic N) is 2. The number of benzene rings is 1. The van der Waals surface area contributed by atoms with E-state index in [9.17, 15) is 28.8 Å². The molecule has 1 aromatic rings. The molecular formula is C31H45N5O9. The molecule has 0 aromatic heterocycles. The Labute approximate surface area is 263 Å². The van der Waals surface area contributed by atoms with Crippen LogP contribution < -0.4 is 10.6 Å². The Hall–Kier alpha value is -4.49. The van der Waals surface area contributed by atoms with Crippen LogP contribution >= 0.6 is 0 Å². The molecule has 5 amide bonds. The van der Waals surface area contributed by atoms with Crippen LogP contribution in [-0.4, -0.2) is 63.0 Å². The van der Waals surface area contributed by atoms with E-state index in [2.05, 4.69) is 10.6 Å². The molecule has 0 aliphatic carbocycles. The van der Waals surface area contributed by atoms with Crippen molar-refractivity contribution in [2.24, 2.45) is 0 Å². The number of ether oxygens (including phenoxy) is 2. The van der Waals surface area contributed by atoms with E-state index in [4.69, 9.17) is 19.7 Å². The molecule has 0 bridgehead atoms. The van der Waals surface area contributed by atoms with Crippen molar-refractivity contribution in [1.29, 1.82) is 5.41 Å². The highest BCUT2D eigenvalue weighted by Crippen LogP contribution is 2.18. The molecule has 14 heteroatoms. The lowest BCUT2D eigenvalue weighted by Crippen LogP contribution is -2.49. The fourth-order valence-corrected chi connectivity index (χ4v) is 4.06. The average molecular weight is 632 g/mol. The van der Waals surface area contributed by atoms with Crippen molar-refractivity contribution in [2.45, 2.75) is 117 Å². The molecule has 0 atom stereocenters. The fraction of sp³-hybridized carbons (Fsp3) is 0.581. The van der Waals surface area contributed by atoms with Gasteiger partial charge in [-0.05, 0) is 72.1 Å². The molecule has 3 N–H and O–H groups in total. The molecule has 1 saturated heterocycles. The third kappa shape index (κ3) is 14.2. The van der Waals surface area contributed by atoms with Crippen LogP contribution in [0, 0.1) is 5.41 Å². The predicted octanol–water partition coefficient (Wildman–Crippen LogP) is 5.16. The maximum Gasteiger partial charge on any atom is 0.417 e. The summed E-state index contributed by atoms with van der Waals surface area (Å²) in [5.74, 6) is -2.35. The predicted molar refractivity (Wildman–Crippen MR) is 163 cm³/mol. The van der Waals surface area contributed by atoms with Gasteiger partial charge in [-0.25, -0.2) is 19.3 Å². The van der Waals surface area contributed by atoms with E-state index in [1.807, 2.05) is 0 Å². The molecule has 0 unspecified atom stereocenters. The zero-order valence-corrected chi connectivity index (χ0v) is 26.9. The second-order valence-electron chi connectivity index (χ2n) is 12.6. The van der Waals surface area contributed by atoms with Crippen molar-refractivity contribution in [2.75, 3.05) is 5.32 Å². The summed E-state index contributed by atoms with van der Waals surface area (Å²) < 4.78 is 10.6. The van der Waals surface area contributed by atoms with Gasteiger partial charge in [-0.3, -0.25) is 25.1 Å². The number of amides is 5. The van der Waals surface area contributed by atoms with Crippen LogP contribution in [0.1, 0.15) is 105 Å². The van der Waals surface area contributed by atoms with Crippen molar-refractivity contribution < 1.29 is 43.1 Å². The van der Waals surface area contributed by atoms with Crippen LogP contribution in [-0.2, 0) is 40.0 Å². The largest absolute Gasteiger partial charge is 0.444 e. The minimum Gasteiger partial charge on any atom is -0.444 e. The van der Waals surface area contributed by atoms with Gasteiger partial charge in [0.05, 0.1) is 6.54 Å². The normalized spacial score (nSPS) is 13.2. The van der Waals surface area contributed by atoms with Crippen molar-refractivity contribution in [1.82, 2.24) is 15.3 Å². The second-order valence-corrected chi connectivity index (χ2v) is 12.6. The molecule has 1 fully saturated rings. The molecule has 1 heterocycles. The monoisotopic (exact) mass is 631 g/mol. The molecule has 0 radical (unpaired) electrons. The highest BCUT2D eigenvalue weighted by Gasteiger charge is 2.32. The van der Waals surface area contributed by atoms with Gasteiger partial charge in [0.25, 0.3) is 11.8 Å². The maximum atomic E-state index is 12.9. The molecule has 1 aliphatic rings. The highest BCUT2D eigenvalue weighted by molar-refractivity contribution is 6.01. The van der Waals surface area contributed by atoms with Crippen LogP contribution in [0.25, 0.3) is 0 Å². The first-order valence-corrected chi connectivity index (χ1v) is 15.0. The number of alkyl carbamates (subject to hydrolysis) is 1. The number of imide groups is 1. The van der Waals surface area contributed by atoms with Gasteiger partial charge < -0.3 is 19.6 Å². The molecule has 2 rings (SSSR count). The molecule has 248 valence electrons. The Morgan fingerprint density at radius 1 is 0.867 bits per heavy atom. The summed E-state index contributed by atoms with van der Waals surface area (Å²) in [5, 5.41) is 14.0.